The third-order valence-electron chi connectivity index (χ3n) is 3.83. The van der Waals surface area contributed by atoms with E-state index in [0.717, 1.165) is 15.5 Å². The lowest BCUT2D eigenvalue weighted by Gasteiger charge is -2.23. The van der Waals surface area contributed by atoms with Gasteiger partial charge < -0.3 is 5.32 Å². The third kappa shape index (κ3) is 6.75. The molecule has 0 saturated carbocycles. The molecule has 0 bridgehead atoms. The van der Waals surface area contributed by atoms with E-state index in [4.69, 9.17) is 11.6 Å². The number of halogens is 1. The Morgan fingerprint density at radius 2 is 1.81 bits per heavy atom. The number of aryl methyl sites for hydroxylation is 2. The normalized spacial score (nSPS) is 11.3. The number of hydrogen-bond donors (Lipinski definition) is 1. The number of benzene rings is 2. The van der Waals surface area contributed by atoms with Gasteiger partial charge in [0.2, 0.25) is 15.9 Å². The zero-order chi connectivity index (χ0) is 20.0. The summed E-state index contributed by atoms with van der Waals surface area (Å²) >= 11 is 7.57. The fraction of sp³-hybridized carbons (Fsp3) is 0.316. The Morgan fingerprint density at radius 1 is 1.15 bits per heavy atom. The van der Waals surface area contributed by atoms with E-state index in [2.05, 4.69) is 5.32 Å². The highest BCUT2D eigenvalue weighted by molar-refractivity contribution is 7.99. The highest BCUT2D eigenvalue weighted by Crippen LogP contribution is 2.25. The van der Waals surface area contributed by atoms with Gasteiger partial charge in [-0.15, -0.1) is 11.8 Å². The molecule has 27 heavy (non-hydrogen) atoms. The number of nitrogens with one attached hydrogen (secondary N) is 1. The summed E-state index contributed by atoms with van der Waals surface area (Å²) in [7, 11) is -3.60. The molecule has 0 heterocycles. The molecule has 0 aliphatic rings. The van der Waals surface area contributed by atoms with E-state index in [1.54, 1.807) is 36.9 Å². The molecule has 8 heteroatoms. The Bertz CT molecular complexity index is 900. The Kier molecular flexibility index (Phi) is 7.59. The van der Waals surface area contributed by atoms with E-state index in [0.29, 0.717) is 28.6 Å². The maximum absolute atomic E-state index is 12.3. The molecule has 5 nitrogen and oxygen atoms in total. The van der Waals surface area contributed by atoms with Crippen molar-refractivity contribution in [1.82, 2.24) is 5.32 Å². The number of nitrogens with zero attached hydrogens (tertiary/aromatic N) is 1. The van der Waals surface area contributed by atoms with Crippen molar-refractivity contribution in [3.63, 3.8) is 0 Å². The van der Waals surface area contributed by atoms with Gasteiger partial charge in [0.25, 0.3) is 0 Å². The van der Waals surface area contributed by atoms with Crippen molar-refractivity contribution in [3.05, 3.63) is 58.6 Å². The maximum atomic E-state index is 12.3. The van der Waals surface area contributed by atoms with E-state index in [9.17, 15) is 13.2 Å². The topological polar surface area (TPSA) is 66.5 Å². The molecule has 2 aromatic carbocycles. The molecule has 0 atom stereocenters. The smallest absolute Gasteiger partial charge is 0.240 e. The van der Waals surface area contributed by atoms with E-state index in [1.165, 1.54) is 5.56 Å². The first-order valence-corrected chi connectivity index (χ1v) is 11.6. The summed E-state index contributed by atoms with van der Waals surface area (Å²) < 4.78 is 25.4. The molecule has 1 amide bonds. The van der Waals surface area contributed by atoms with Gasteiger partial charge in [-0.1, -0.05) is 29.3 Å². The zero-order valence-electron chi connectivity index (χ0n) is 15.5. The third-order valence-corrected chi connectivity index (χ3v) is 6.20. The van der Waals surface area contributed by atoms with Gasteiger partial charge in [-0.05, 0) is 49.7 Å². The number of carbonyl (C=O) groups is 1. The second kappa shape index (κ2) is 9.48. The number of anilines is 1. The molecule has 0 aromatic heterocycles. The minimum Gasteiger partial charge on any atom is -0.354 e. The van der Waals surface area contributed by atoms with Crippen LogP contribution in [-0.2, 0) is 14.8 Å². The lowest BCUT2D eigenvalue weighted by atomic mass is 10.2. The van der Waals surface area contributed by atoms with Crippen LogP contribution in [0.1, 0.15) is 11.1 Å². The van der Waals surface area contributed by atoms with Gasteiger partial charge >= 0.3 is 0 Å². The van der Waals surface area contributed by atoms with Crippen LogP contribution in [0.4, 0.5) is 5.69 Å². The summed E-state index contributed by atoms with van der Waals surface area (Å²) in [4.78, 5) is 13.4. The second-order valence-corrected chi connectivity index (χ2v) is 9.72. The first-order chi connectivity index (χ1) is 12.7. The summed E-state index contributed by atoms with van der Waals surface area (Å²) in [6, 6.07) is 13.0. The van der Waals surface area contributed by atoms with Gasteiger partial charge in [0, 0.05) is 22.2 Å². The van der Waals surface area contributed by atoms with Crippen LogP contribution in [0.5, 0.6) is 0 Å². The molecule has 0 unspecified atom stereocenters. The summed E-state index contributed by atoms with van der Waals surface area (Å²) in [5.74, 6) is 0.354. The average molecular weight is 427 g/mol. The minimum atomic E-state index is -3.60. The van der Waals surface area contributed by atoms with Crippen LogP contribution in [0.2, 0.25) is 5.02 Å². The molecule has 0 fully saturated rings. The number of carbonyl (C=O) groups excluding carboxylic acids is 1. The van der Waals surface area contributed by atoms with Crippen LogP contribution in [0.15, 0.2) is 47.4 Å². The van der Waals surface area contributed by atoms with Crippen LogP contribution in [-0.4, -0.2) is 39.4 Å². The zero-order valence-corrected chi connectivity index (χ0v) is 17.9. The Hall–Kier alpha value is -1.70. The lowest BCUT2D eigenvalue weighted by Crippen LogP contribution is -2.41. The summed E-state index contributed by atoms with van der Waals surface area (Å²) in [5, 5.41) is 3.29. The predicted molar refractivity (Wildman–Crippen MR) is 113 cm³/mol. The van der Waals surface area contributed by atoms with Gasteiger partial charge in [0.05, 0.1) is 11.9 Å². The van der Waals surface area contributed by atoms with Crippen LogP contribution in [0.25, 0.3) is 0 Å². The van der Waals surface area contributed by atoms with Gasteiger partial charge in [0.15, 0.2) is 0 Å². The molecule has 0 radical (unpaired) electrons. The van der Waals surface area contributed by atoms with Crippen LogP contribution in [0, 0.1) is 13.8 Å². The van der Waals surface area contributed by atoms with Crippen molar-refractivity contribution in [2.24, 2.45) is 0 Å². The van der Waals surface area contributed by atoms with Crippen LogP contribution in [0.3, 0.4) is 0 Å². The van der Waals surface area contributed by atoms with E-state index in [-0.39, 0.29) is 12.5 Å². The summed E-state index contributed by atoms with van der Waals surface area (Å²) in [6.45, 7) is 3.98. The highest BCUT2D eigenvalue weighted by Gasteiger charge is 2.22. The first-order valence-electron chi connectivity index (χ1n) is 8.37. The lowest BCUT2D eigenvalue weighted by molar-refractivity contribution is -0.119. The predicted octanol–water partition coefficient (Wildman–Crippen LogP) is 3.63. The number of hydrogen-bond acceptors (Lipinski definition) is 4. The Morgan fingerprint density at radius 3 is 2.41 bits per heavy atom. The molecule has 1 N–H and O–H groups in total. The fourth-order valence-corrected chi connectivity index (χ4v) is 4.37. The molecule has 0 spiro atoms. The number of rotatable bonds is 8. The standard InChI is InChI=1S/C19H23ClN2O3S2/c1-14-4-7-17(8-5-14)26-11-10-21-19(23)13-22(27(3,24)25)18-9-6-16(20)12-15(18)2/h4-9,12H,10-11,13H2,1-3H3,(H,21,23). The molecular weight excluding hydrogens is 404 g/mol. The van der Waals surface area contributed by atoms with Crippen molar-refractivity contribution >= 4 is 45.0 Å². The maximum Gasteiger partial charge on any atom is 0.240 e. The van der Waals surface area contributed by atoms with Crippen LogP contribution < -0.4 is 9.62 Å². The largest absolute Gasteiger partial charge is 0.354 e. The Labute approximate surface area is 170 Å². The molecule has 0 saturated heterocycles. The monoisotopic (exact) mass is 426 g/mol. The molecule has 146 valence electrons. The van der Waals surface area contributed by atoms with Crippen molar-refractivity contribution in [2.75, 3.05) is 29.4 Å². The quantitative estimate of drug-likeness (QED) is 0.517. The van der Waals surface area contributed by atoms with E-state index in [1.807, 2.05) is 31.2 Å². The van der Waals surface area contributed by atoms with Crippen LogP contribution >= 0.6 is 23.4 Å². The van der Waals surface area contributed by atoms with Crippen molar-refractivity contribution in [2.45, 2.75) is 18.7 Å². The highest BCUT2D eigenvalue weighted by atomic mass is 35.5. The fourth-order valence-electron chi connectivity index (χ4n) is 2.46. The molecule has 0 aliphatic carbocycles. The molecule has 2 aromatic rings. The first kappa shape index (κ1) is 21.6. The molecule has 0 aliphatic heterocycles. The number of thioether (sulfide) groups is 1. The van der Waals surface area contributed by atoms with Crippen molar-refractivity contribution in [1.29, 1.82) is 0 Å². The van der Waals surface area contributed by atoms with Crippen molar-refractivity contribution in [3.8, 4) is 0 Å². The van der Waals surface area contributed by atoms with Gasteiger partial charge in [0.1, 0.15) is 6.54 Å². The summed E-state index contributed by atoms with van der Waals surface area (Å²) in [6.07, 6.45) is 1.08. The van der Waals surface area contributed by atoms with Gasteiger partial charge in [-0.2, -0.15) is 0 Å². The summed E-state index contributed by atoms with van der Waals surface area (Å²) in [5.41, 5.74) is 2.34. The Balaban J connectivity index is 1.93. The number of sulfonamides is 1. The minimum absolute atomic E-state index is 0.267. The second-order valence-electron chi connectivity index (χ2n) is 6.21. The van der Waals surface area contributed by atoms with Gasteiger partial charge in [-0.3, -0.25) is 9.10 Å². The van der Waals surface area contributed by atoms with E-state index < -0.39 is 10.0 Å². The molecule has 2 rings (SSSR count). The van der Waals surface area contributed by atoms with Crippen molar-refractivity contribution < 1.29 is 13.2 Å². The SMILES string of the molecule is Cc1ccc(SCCNC(=O)CN(c2ccc(Cl)cc2C)S(C)(=O)=O)cc1. The average Bonchev–Trinajstić information content (AvgIpc) is 2.58. The van der Waals surface area contributed by atoms with E-state index >= 15 is 0 Å². The van der Waals surface area contributed by atoms with Gasteiger partial charge in [-0.25, -0.2) is 8.42 Å². The number of amides is 1. The molecular formula is C19H23ClN2O3S2.